The van der Waals surface area contributed by atoms with Crippen LogP contribution in [-0.4, -0.2) is 72.9 Å². The molecular formula is C15H28N2O3. The third-order valence-corrected chi connectivity index (χ3v) is 4.36. The molecule has 0 aromatic rings. The zero-order valence-corrected chi connectivity index (χ0v) is 12.6. The van der Waals surface area contributed by atoms with Crippen LogP contribution in [0.3, 0.4) is 0 Å². The SMILES string of the molecule is CC(O)CCC(=O)N1CCC(CN2CCOCC2)CC1. The van der Waals surface area contributed by atoms with E-state index >= 15 is 0 Å². The van der Waals surface area contributed by atoms with E-state index in [1.807, 2.05) is 4.90 Å². The molecule has 2 aliphatic rings. The molecule has 116 valence electrons. The van der Waals surface area contributed by atoms with Crippen molar-refractivity contribution in [1.29, 1.82) is 0 Å². The van der Waals surface area contributed by atoms with Crippen LogP contribution in [0.25, 0.3) is 0 Å². The molecule has 1 atom stereocenters. The van der Waals surface area contributed by atoms with E-state index in [2.05, 4.69) is 4.90 Å². The van der Waals surface area contributed by atoms with E-state index < -0.39 is 0 Å². The molecule has 0 aromatic carbocycles. The summed E-state index contributed by atoms with van der Waals surface area (Å²) in [5.74, 6) is 0.921. The number of carbonyl (C=O) groups excluding carboxylic acids is 1. The summed E-state index contributed by atoms with van der Waals surface area (Å²) in [6.45, 7) is 8.47. The minimum Gasteiger partial charge on any atom is -0.393 e. The van der Waals surface area contributed by atoms with Crippen LogP contribution in [0, 0.1) is 5.92 Å². The predicted octanol–water partition coefficient (Wildman–Crippen LogP) is 0.718. The molecule has 5 nitrogen and oxygen atoms in total. The van der Waals surface area contributed by atoms with Crippen molar-refractivity contribution < 1.29 is 14.6 Å². The number of amides is 1. The predicted molar refractivity (Wildman–Crippen MR) is 77.5 cm³/mol. The van der Waals surface area contributed by atoms with E-state index in [9.17, 15) is 9.90 Å². The number of nitrogens with zero attached hydrogens (tertiary/aromatic N) is 2. The molecule has 0 bridgehead atoms. The number of piperidine rings is 1. The van der Waals surface area contributed by atoms with Crippen LogP contribution >= 0.6 is 0 Å². The third-order valence-electron chi connectivity index (χ3n) is 4.36. The number of morpholine rings is 1. The Balaban J connectivity index is 1.65. The molecule has 2 saturated heterocycles. The van der Waals surface area contributed by atoms with Gasteiger partial charge in [0.2, 0.25) is 5.91 Å². The summed E-state index contributed by atoms with van der Waals surface area (Å²) in [7, 11) is 0. The van der Waals surface area contributed by atoms with Crippen molar-refractivity contribution >= 4 is 5.91 Å². The summed E-state index contributed by atoms with van der Waals surface area (Å²) < 4.78 is 5.37. The second-order valence-electron chi connectivity index (χ2n) is 6.12. The Morgan fingerprint density at radius 1 is 1.25 bits per heavy atom. The average Bonchev–Trinajstić information content (AvgIpc) is 2.46. The van der Waals surface area contributed by atoms with Gasteiger partial charge in [0.1, 0.15) is 0 Å². The van der Waals surface area contributed by atoms with E-state index in [4.69, 9.17) is 4.74 Å². The molecule has 1 unspecified atom stereocenters. The highest BCUT2D eigenvalue weighted by Crippen LogP contribution is 2.20. The van der Waals surface area contributed by atoms with Gasteiger partial charge in [0.15, 0.2) is 0 Å². The normalized spacial score (nSPS) is 23.8. The van der Waals surface area contributed by atoms with Crippen LogP contribution in [0.2, 0.25) is 0 Å². The van der Waals surface area contributed by atoms with Crippen molar-refractivity contribution in [2.45, 2.75) is 38.7 Å². The second-order valence-corrected chi connectivity index (χ2v) is 6.12. The largest absolute Gasteiger partial charge is 0.393 e. The number of hydrogen-bond acceptors (Lipinski definition) is 4. The van der Waals surface area contributed by atoms with Gasteiger partial charge < -0.3 is 14.7 Å². The van der Waals surface area contributed by atoms with Crippen LogP contribution in [0.5, 0.6) is 0 Å². The number of ether oxygens (including phenoxy) is 1. The maximum atomic E-state index is 12.0. The van der Waals surface area contributed by atoms with Crippen LogP contribution in [0.4, 0.5) is 0 Å². The van der Waals surface area contributed by atoms with Crippen molar-refractivity contribution in [3.63, 3.8) is 0 Å². The summed E-state index contributed by atoms with van der Waals surface area (Å²) >= 11 is 0. The Labute approximate surface area is 121 Å². The first-order chi connectivity index (χ1) is 9.65. The van der Waals surface area contributed by atoms with E-state index in [0.717, 1.165) is 58.8 Å². The summed E-state index contributed by atoms with van der Waals surface area (Å²) in [5, 5.41) is 9.24. The fraction of sp³-hybridized carbons (Fsp3) is 0.933. The minimum atomic E-state index is -0.377. The number of aliphatic hydroxyl groups is 1. The van der Waals surface area contributed by atoms with E-state index in [0.29, 0.717) is 18.8 Å². The van der Waals surface area contributed by atoms with Crippen molar-refractivity contribution in [1.82, 2.24) is 9.80 Å². The van der Waals surface area contributed by atoms with Gasteiger partial charge >= 0.3 is 0 Å². The van der Waals surface area contributed by atoms with Gasteiger partial charge in [-0.15, -0.1) is 0 Å². The molecule has 2 fully saturated rings. The average molecular weight is 284 g/mol. The lowest BCUT2D eigenvalue weighted by atomic mass is 9.95. The highest BCUT2D eigenvalue weighted by Gasteiger charge is 2.24. The lowest BCUT2D eigenvalue weighted by molar-refractivity contribution is -0.133. The Morgan fingerprint density at radius 3 is 2.50 bits per heavy atom. The summed E-state index contributed by atoms with van der Waals surface area (Å²) in [6, 6.07) is 0. The molecule has 2 aliphatic heterocycles. The Hall–Kier alpha value is -0.650. The number of likely N-dealkylation sites (tertiary alicyclic amines) is 1. The number of carbonyl (C=O) groups is 1. The summed E-state index contributed by atoms with van der Waals surface area (Å²) in [6.07, 6.45) is 2.89. The Bertz CT molecular complexity index is 295. The van der Waals surface area contributed by atoms with Crippen LogP contribution in [0.15, 0.2) is 0 Å². The number of rotatable bonds is 5. The van der Waals surface area contributed by atoms with Gasteiger partial charge in [0, 0.05) is 39.1 Å². The standard InChI is InChI=1S/C15H28N2O3/c1-13(18)2-3-15(19)17-6-4-14(5-7-17)12-16-8-10-20-11-9-16/h13-14,18H,2-12H2,1H3. The lowest BCUT2D eigenvalue weighted by Gasteiger charge is -2.36. The minimum absolute atomic E-state index is 0.204. The van der Waals surface area contributed by atoms with Crippen molar-refractivity contribution in [2.75, 3.05) is 45.9 Å². The van der Waals surface area contributed by atoms with E-state index in [-0.39, 0.29) is 12.0 Å². The zero-order chi connectivity index (χ0) is 14.4. The van der Waals surface area contributed by atoms with E-state index in [1.54, 1.807) is 6.92 Å². The smallest absolute Gasteiger partial charge is 0.222 e. The molecule has 0 saturated carbocycles. The van der Waals surface area contributed by atoms with Gasteiger partial charge in [0.25, 0.3) is 0 Å². The topological polar surface area (TPSA) is 53.0 Å². The Kier molecular flexibility index (Phi) is 6.26. The number of aliphatic hydroxyl groups excluding tert-OH is 1. The second kappa shape index (κ2) is 7.96. The van der Waals surface area contributed by atoms with Crippen LogP contribution in [-0.2, 0) is 9.53 Å². The summed E-state index contributed by atoms with van der Waals surface area (Å²) in [4.78, 5) is 16.4. The molecule has 1 amide bonds. The molecule has 1 N–H and O–H groups in total. The highest BCUT2D eigenvalue weighted by molar-refractivity contribution is 5.76. The molecule has 0 aromatic heterocycles. The first-order valence-electron chi connectivity index (χ1n) is 7.91. The molecule has 2 heterocycles. The van der Waals surface area contributed by atoms with Crippen LogP contribution < -0.4 is 0 Å². The van der Waals surface area contributed by atoms with Gasteiger partial charge in [-0.3, -0.25) is 9.69 Å². The molecule has 0 spiro atoms. The summed E-state index contributed by atoms with van der Waals surface area (Å²) in [5.41, 5.74) is 0. The third kappa shape index (κ3) is 5.04. The fourth-order valence-electron chi connectivity index (χ4n) is 3.00. The van der Waals surface area contributed by atoms with Gasteiger partial charge in [-0.05, 0) is 32.1 Å². The molecule has 0 aliphatic carbocycles. The maximum absolute atomic E-state index is 12.0. The van der Waals surface area contributed by atoms with Gasteiger partial charge in [-0.25, -0.2) is 0 Å². The molecule has 0 radical (unpaired) electrons. The monoisotopic (exact) mass is 284 g/mol. The maximum Gasteiger partial charge on any atom is 0.222 e. The van der Waals surface area contributed by atoms with E-state index in [1.165, 1.54) is 0 Å². The first kappa shape index (κ1) is 15.7. The zero-order valence-electron chi connectivity index (χ0n) is 12.6. The molecule has 5 heteroatoms. The molecule has 20 heavy (non-hydrogen) atoms. The van der Waals surface area contributed by atoms with Crippen molar-refractivity contribution in [3.05, 3.63) is 0 Å². The lowest BCUT2D eigenvalue weighted by Crippen LogP contribution is -2.44. The fourth-order valence-corrected chi connectivity index (χ4v) is 3.00. The van der Waals surface area contributed by atoms with Gasteiger partial charge in [-0.1, -0.05) is 0 Å². The highest BCUT2D eigenvalue weighted by atomic mass is 16.5. The van der Waals surface area contributed by atoms with Gasteiger partial charge in [0.05, 0.1) is 19.3 Å². The molecule has 2 rings (SSSR count). The quantitative estimate of drug-likeness (QED) is 0.808. The first-order valence-corrected chi connectivity index (χ1v) is 7.91. The van der Waals surface area contributed by atoms with Crippen molar-refractivity contribution in [3.8, 4) is 0 Å². The van der Waals surface area contributed by atoms with Crippen molar-refractivity contribution in [2.24, 2.45) is 5.92 Å². The van der Waals surface area contributed by atoms with Gasteiger partial charge in [-0.2, -0.15) is 0 Å². The Morgan fingerprint density at radius 2 is 1.90 bits per heavy atom. The molecular weight excluding hydrogens is 256 g/mol. The van der Waals surface area contributed by atoms with Crippen LogP contribution in [0.1, 0.15) is 32.6 Å². The number of hydrogen-bond donors (Lipinski definition) is 1.